The second-order valence-electron chi connectivity index (χ2n) is 3.06. The molecule has 0 aromatic rings. The number of hydrogen-bond acceptors (Lipinski definition) is 4. The molecule has 0 heterocycles. The lowest BCUT2D eigenvalue weighted by molar-refractivity contribution is 0.149. The molecule has 0 atom stereocenters. The third kappa shape index (κ3) is 6.73. The van der Waals surface area contributed by atoms with Gasteiger partial charge in [-0.15, -0.1) is 0 Å². The molecule has 0 aliphatic carbocycles. The molecule has 5 N–H and O–H groups in total. The van der Waals surface area contributed by atoms with Crippen LogP contribution in [0.25, 0.3) is 0 Å². The maximum absolute atomic E-state index is 10.8. The van der Waals surface area contributed by atoms with Crippen LogP contribution in [-0.4, -0.2) is 51.3 Å². The van der Waals surface area contributed by atoms with E-state index in [1.54, 1.807) is 6.92 Å². The van der Waals surface area contributed by atoms with E-state index in [-0.39, 0.29) is 6.54 Å². The highest BCUT2D eigenvalue weighted by Crippen LogP contribution is 2.59. The number of rotatable bonds is 8. The van der Waals surface area contributed by atoms with Crippen LogP contribution in [-0.2, 0) is 13.9 Å². The second-order valence-corrected chi connectivity index (χ2v) is 7.07. The molecule has 0 saturated carbocycles. The first-order valence-electron chi connectivity index (χ1n) is 4.58. The van der Waals surface area contributed by atoms with Gasteiger partial charge in [0, 0.05) is 19.7 Å². The van der Waals surface area contributed by atoms with Crippen molar-refractivity contribution in [2.75, 3.05) is 26.3 Å². The van der Waals surface area contributed by atoms with Gasteiger partial charge in [-0.1, -0.05) is 0 Å². The summed E-state index contributed by atoms with van der Waals surface area (Å²) < 4.78 is 26.6. The van der Waals surface area contributed by atoms with Crippen molar-refractivity contribution in [3.8, 4) is 0 Å². The molecule has 0 unspecified atom stereocenters. The summed E-state index contributed by atoms with van der Waals surface area (Å²) in [7, 11) is -9.64. The van der Waals surface area contributed by atoms with E-state index < -0.39 is 27.1 Å². The monoisotopic (exact) mass is 277 g/mol. The van der Waals surface area contributed by atoms with Gasteiger partial charge in [0.1, 0.15) is 0 Å². The van der Waals surface area contributed by atoms with Gasteiger partial charge in [0.15, 0.2) is 5.40 Å². The van der Waals surface area contributed by atoms with E-state index in [1.165, 1.54) is 0 Å². The molecule has 0 fully saturated rings. The summed E-state index contributed by atoms with van der Waals surface area (Å²) in [4.78, 5) is 35.1. The Labute approximate surface area is 93.3 Å². The third-order valence-electron chi connectivity index (χ3n) is 1.73. The smallest absolute Gasteiger partial charge is 0.342 e. The van der Waals surface area contributed by atoms with Gasteiger partial charge in [0.2, 0.25) is 0 Å². The predicted octanol–water partition coefficient (Wildman–Crippen LogP) is -0.706. The molecule has 16 heavy (non-hydrogen) atoms. The summed E-state index contributed by atoms with van der Waals surface area (Å²) in [5, 5.41) is 0.525. The standard InChI is InChI=1S/C6H17NO7P2/c1-2-14-4-3-7-5-6(15(8,9)10)16(11,12)13/h6-7H,2-5H2,1H3,(H2,8,9,10)(H2,11,12,13). The third-order valence-corrected chi connectivity index (χ3v) is 5.45. The summed E-state index contributed by atoms with van der Waals surface area (Å²) in [5.41, 5.74) is 0. The van der Waals surface area contributed by atoms with Gasteiger partial charge in [-0.25, -0.2) is 0 Å². The van der Waals surface area contributed by atoms with Crippen LogP contribution in [0.5, 0.6) is 0 Å². The molecule has 0 saturated heterocycles. The fourth-order valence-corrected chi connectivity index (χ4v) is 3.26. The van der Waals surface area contributed by atoms with Crippen LogP contribution in [0.3, 0.4) is 0 Å². The topological polar surface area (TPSA) is 136 Å². The molecule has 0 spiro atoms. The minimum Gasteiger partial charge on any atom is -0.380 e. The molecular formula is C6H17NO7P2. The molecule has 0 rings (SSSR count). The minimum absolute atomic E-state index is 0.268. The SMILES string of the molecule is CCOCCNCC(P(=O)(O)O)P(=O)(O)O. The van der Waals surface area contributed by atoms with Gasteiger partial charge in [-0.3, -0.25) is 9.13 Å². The molecule has 10 heteroatoms. The first-order chi connectivity index (χ1) is 7.19. The van der Waals surface area contributed by atoms with Crippen molar-refractivity contribution in [1.82, 2.24) is 5.32 Å². The van der Waals surface area contributed by atoms with Crippen molar-refractivity contribution in [2.45, 2.75) is 12.3 Å². The predicted molar refractivity (Wildman–Crippen MR) is 57.2 cm³/mol. The van der Waals surface area contributed by atoms with Crippen molar-refractivity contribution in [2.24, 2.45) is 0 Å². The molecule has 98 valence electrons. The van der Waals surface area contributed by atoms with Crippen molar-refractivity contribution >= 4 is 15.2 Å². The van der Waals surface area contributed by atoms with E-state index in [2.05, 4.69) is 5.32 Å². The van der Waals surface area contributed by atoms with Crippen LogP contribution in [0.4, 0.5) is 0 Å². The van der Waals surface area contributed by atoms with Crippen molar-refractivity contribution in [1.29, 1.82) is 0 Å². The average molecular weight is 277 g/mol. The van der Waals surface area contributed by atoms with Crippen LogP contribution in [0.15, 0.2) is 0 Å². The Morgan fingerprint density at radius 1 is 1.19 bits per heavy atom. The zero-order chi connectivity index (χ0) is 12.8. The van der Waals surface area contributed by atoms with Crippen LogP contribution in [0, 0.1) is 0 Å². The van der Waals surface area contributed by atoms with Crippen molar-refractivity contribution < 1.29 is 33.4 Å². The van der Waals surface area contributed by atoms with Crippen molar-refractivity contribution in [3.63, 3.8) is 0 Å². The molecule has 0 aromatic heterocycles. The summed E-state index contributed by atoms with van der Waals surface area (Å²) in [6, 6.07) is 0. The Kier molecular flexibility index (Phi) is 6.93. The van der Waals surface area contributed by atoms with E-state index in [0.29, 0.717) is 13.2 Å². The maximum Gasteiger partial charge on any atom is 0.342 e. The number of nitrogens with one attached hydrogen (secondary N) is 1. The van der Waals surface area contributed by atoms with E-state index >= 15 is 0 Å². The van der Waals surface area contributed by atoms with Gasteiger partial charge in [-0.2, -0.15) is 0 Å². The fourth-order valence-electron chi connectivity index (χ4n) is 0.954. The summed E-state index contributed by atoms with van der Waals surface area (Å²) in [6.07, 6.45) is 0. The van der Waals surface area contributed by atoms with E-state index in [0.717, 1.165) is 0 Å². The molecule has 0 aliphatic rings. The summed E-state index contributed by atoms with van der Waals surface area (Å²) in [6.45, 7) is 2.41. The first kappa shape index (κ1) is 16.2. The minimum atomic E-state index is -4.82. The molecule has 8 nitrogen and oxygen atoms in total. The van der Waals surface area contributed by atoms with Crippen LogP contribution in [0.1, 0.15) is 6.92 Å². The van der Waals surface area contributed by atoms with Gasteiger partial charge >= 0.3 is 15.2 Å². The van der Waals surface area contributed by atoms with Gasteiger partial charge in [-0.05, 0) is 6.92 Å². The molecule has 0 radical (unpaired) electrons. The first-order valence-corrected chi connectivity index (χ1v) is 7.94. The summed E-state index contributed by atoms with van der Waals surface area (Å²) in [5.74, 6) is 0. The number of hydrogen-bond donors (Lipinski definition) is 5. The Bertz CT molecular complexity index is 263. The second kappa shape index (κ2) is 6.83. The molecule has 0 amide bonds. The van der Waals surface area contributed by atoms with Crippen LogP contribution >= 0.6 is 15.2 Å². The van der Waals surface area contributed by atoms with E-state index in [1.807, 2.05) is 0 Å². The molecule has 0 aromatic carbocycles. The zero-order valence-electron chi connectivity index (χ0n) is 8.81. The lowest BCUT2D eigenvalue weighted by Gasteiger charge is -2.19. The van der Waals surface area contributed by atoms with Crippen LogP contribution < -0.4 is 5.32 Å². The highest BCUT2D eigenvalue weighted by molar-refractivity contribution is 7.70. The van der Waals surface area contributed by atoms with E-state index in [4.69, 9.17) is 24.3 Å². The lowest BCUT2D eigenvalue weighted by Crippen LogP contribution is -2.29. The Hall–Kier alpha value is 0.220. The van der Waals surface area contributed by atoms with E-state index in [9.17, 15) is 9.13 Å². The average Bonchev–Trinajstić information content (AvgIpc) is 2.06. The van der Waals surface area contributed by atoms with Gasteiger partial charge in [0.25, 0.3) is 0 Å². The zero-order valence-corrected chi connectivity index (χ0v) is 10.6. The highest BCUT2D eigenvalue weighted by atomic mass is 31.2. The molecule has 0 aliphatic heterocycles. The molecular weight excluding hydrogens is 260 g/mol. The van der Waals surface area contributed by atoms with Crippen LogP contribution in [0.2, 0.25) is 0 Å². The quantitative estimate of drug-likeness (QED) is 0.290. The molecule has 0 bridgehead atoms. The van der Waals surface area contributed by atoms with Crippen molar-refractivity contribution in [3.05, 3.63) is 0 Å². The Morgan fingerprint density at radius 3 is 2.06 bits per heavy atom. The Morgan fingerprint density at radius 2 is 1.69 bits per heavy atom. The number of ether oxygens (including phenoxy) is 1. The lowest BCUT2D eigenvalue weighted by atomic mass is 10.6. The fraction of sp³-hybridized carbons (Fsp3) is 1.00. The largest absolute Gasteiger partial charge is 0.380 e. The normalized spacial score (nSPS) is 13.4. The summed E-state index contributed by atoms with van der Waals surface area (Å²) >= 11 is 0. The maximum atomic E-state index is 10.8. The highest BCUT2D eigenvalue weighted by Gasteiger charge is 2.42. The van der Waals surface area contributed by atoms with Gasteiger partial charge in [0.05, 0.1) is 6.61 Å². The Balaban J connectivity index is 4.17. The van der Waals surface area contributed by atoms with Gasteiger partial charge < -0.3 is 29.6 Å².